The van der Waals surface area contributed by atoms with E-state index >= 15 is 0 Å². The first-order valence-electron chi connectivity index (χ1n) is 7.52. The average Bonchev–Trinajstić information content (AvgIpc) is 2.63. The molecular formula is C15H22F3N3O3. The van der Waals surface area contributed by atoms with Gasteiger partial charge in [0, 0.05) is 11.3 Å². The molecule has 0 bridgehead atoms. The lowest BCUT2D eigenvalue weighted by Gasteiger charge is -2.16. The Kier molecular flexibility index (Phi) is 6.39. The van der Waals surface area contributed by atoms with Gasteiger partial charge in [-0.05, 0) is 26.2 Å². The lowest BCUT2D eigenvalue weighted by Crippen LogP contribution is -2.42. The molecule has 1 aromatic heterocycles. The fourth-order valence-corrected chi connectivity index (χ4v) is 2.41. The monoisotopic (exact) mass is 349 g/mol. The molecule has 1 aromatic rings. The van der Waals surface area contributed by atoms with Gasteiger partial charge in [-0.3, -0.25) is 9.48 Å². The highest BCUT2D eigenvalue weighted by Crippen LogP contribution is 2.21. The SMILES string of the molecule is Cc1nn(CC(F)(F)F)c(C)c1CC(=O)N[C@@H](CC(C)C)C(=O)O. The third-order valence-corrected chi connectivity index (χ3v) is 3.54. The average molecular weight is 349 g/mol. The summed E-state index contributed by atoms with van der Waals surface area (Å²) in [4.78, 5) is 23.2. The Labute approximate surface area is 138 Å². The first kappa shape index (κ1) is 20.0. The Morgan fingerprint density at radius 2 is 1.88 bits per heavy atom. The zero-order valence-corrected chi connectivity index (χ0v) is 14.1. The van der Waals surface area contributed by atoms with E-state index in [0.29, 0.717) is 11.3 Å². The van der Waals surface area contributed by atoms with Gasteiger partial charge in [0.15, 0.2) is 0 Å². The molecule has 0 fully saturated rings. The van der Waals surface area contributed by atoms with Crippen LogP contribution in [0.25, 0.3) is 0 Å². The van der Waals surface area contributed by atoms with Crippen LogP contribution in [0.2, 0.25) is 0 Å². The van der Waals surface area contributed by atoms with Gasteiger partial charge >= 0.3 is 12.1 Å². The molecule has 9 heteroatoms. The second kappa shape index (κ2) is 7.67. The summed E-state index contributed by atoms with van der Waals surface area (Å²) in [5.41, 5.74) is 0.948. The molecule has 1 heterocycles. The van der Waals surface area contributed by atoms with Crippen molar-refractivity contribution in [2.75, 3.05) is 0 Å². The number of aromatic nitrogens is 2. The number of amides is 1. The van der Waals surface area contributed by atoms with E-state index in [4.69, 9.17) is 5.11 Å². The molecule has 0 saturated carbocycles. The molecule has 24 heavy (non-hydrogen) atoms. The maximum Gasteiger partial charge on any atom is 0.408 e. The van der Waals surface area contributed by atoms with Crippen LogP contribution in [0.4, 0.5) is 13.2 Å². The number of halogens is 3. The lowest BCUT2D eigenvalue weighted by molar-refractivity contribution is -0.143. The van der Waals surface area contributed by atoms with E-state index < -0.39 is 30.6 Å². The van der Waals surface area contributed by atoms with Crippen LogP contribution in [0, 0.1) is 19.8 Å². The molecule has 0 aliphatic carbocycles. The van der Waals surface area contributed by atoms with Crippen LogP contribution in [0.3, 0.4) is 0 Å². The summed E-state index contributed by atoms with van der Waals surface area (Å²) in [6.45, 7) is 5.41. The van der Waals surface area contributed by atoms with Crippen molar-refractivity contribution in [3.63, 3.8) is 0 Å². The summed E-state index contributed by atoms with van der Waals surface area (Å²) in [6, 6.07) is -1.02. The minimum Gasteiger partial charge on any atom is -0.480 e. The molecule has 136 valence electrons. The van der Waals surface area contributed by atoms with Crippen LogP contribution in [0.1, 0.15) is 37.2 Å². The van der Waals surface area contributed by atoms with Crippen LogP contribution in [-0.4, -0.2) is 39.0 Å². The number of rotatable bonds is 7. The van der Waals surface area contributed by atoms with Crippen LogP contribution in [-0.2, 0) is 22.6 Å². The molecule has 0 aromatic carbocycles. The largest absolute Gasteiger partial charge is 0.480 e. The Bertz CT molecular complexity index is 609. The number of carboxylic acid groups (broad SMARTS) is 1. The van der Waals surface area contributed by atoms with Crippen molar-refractivity contribution >= 4 is 11.9 Å². The molecule has 0 saturated heterocycles. The molecule has 1 amide bonds. The Hall–Kier alpha value is -2.06. The minimum absolute atomic E-state index is 0.0735. The number of nitrogens with zero attached hydrogens (tertiary/aromatic N) is 2. The summed E-state index contributed by atoms with van der Waals surface area (Å²) in [6.07, 6.45) is -4.35. The number of carboxylic acids is 1. The van der Waals surface area contributed by atoms with E-state index in [0.717, 1.165) is 4.68 Å². The molecule has 0 spiro atoms. The first-order chi connectivity index (χ1) is 10.9. The number of aryl methyl sites for hydroxylation is 1. The molecular weight excluding hydrogens is 327 g/mol. The fraction of sp³-hybridized carbons (Fsp3) is 0.667. The number of carbonyl (C=O) groups is 2. The smallest absolute Gasteiger partial charge is 0.408 e. The van der Waals surface area contributed by atoms with E-state index in [2.05, 4.69) is 10.4 Å². The molecule has 1 rings (SSSR count). The van der Waals surface area contributed by atoms with Crippen molar-refractivity contribution in [2.45, 2.75) is 59.3 Å². The second-order valence-corrected chi connectivity index (χ2v) is 6.19. The van der Waals surface area contributed by atoms with E-state index in [1.54, 1.807) is 0 Å². The number of hydrogen-bond acceptors (Lipinski definition) is 3. The molecule has 1 atom stereocenters. The Balaban J connectivity index is 2.85. The molecule has 6 nitrogen and oxygen atoms in total. The van der Waals surface area contributed by atoms with E-state index in [1.165, 1.54) is 13.8 Å². The summed E-state index contributed by atoms with van der Waals surface area (Å²) < 4.78 is 38.3. The molecule has 0 aliphatic rings. The minimum atomic E-state index is -4.41. The third-order valence-electron chi connectivity index (χ3n) is 3.54. The van der Waals surface area contributed by atoms with Crippen LogP contribution in [0.5, 0.6) is 0 Å². The number of aliphatic carboxylic acids is 1. The normalized spacial score (nSPS) is 13.2. The number of hydrogen-bond donors (Lipinski definition) is 2. The number of nitrogens with one attached hydrogen (secondary N) is 1. The van der Waals surface area contributed by atoms with Crippen molar-refractivity contribution < 1.29 is 27.9 Å². The maximum atomic E-state index is 12.5. The van der Waals surface area contributed by atoms with E-state index in [9.17, 15) is 22.8 Å². The van der Waals surface area contributed by atoms with E-state index in [-0.39, 0.29) is 24.5 Å². The second-order valence-electron chi connectivity index (χ2n) is 6.19. The Morgan fingerprint density at radius 1 is 1.29 bits per heavy atom. The van der Waals surface area contributed by atoms with Gasteiger partial charge in [-0.1, -0.05) is 13.8 Å². The number of carbonyl (C=O) groups excluding carboxylic acids is 1. The van der Waals surface area contributed by atoms with Gasteiger partial charge in [0.1, 0.15) is 12.6 Å². The fourth-order valence-electron chi connectivity index (χ4n) is 2.41. The van der Waals surface area contributed by atoms with Crippen molar-refractivity contribution in [1.82, 2.24) is 15.1 Å². The molecule has 2 N–H and O–H groups in total. The van der Waals surface area contributed by atoms with E-state index in [1.807, 2.05) is 13.8 Å². The highest BCUT2D eigenvalue weighted by Gasteiger charge is 2.30. The highest BCUT2D eigenvalue weighted by atomic mass is 19.4. The van der Waals surface area contributed by atoms with Crippen LogP contribution in [0.15, 0.2) is 0 Å². The molecule has 0 aliphatic heterocycles. The van der Waals surface area contributed by atoms with Crippen molar-refractivity contribution in [3.05, 3.63) is 17.0 Å². The summed E-state index contributed by atoms with van der Waals surface area (Å²) in [5.74, 6) is -1.62. The predicted molar refractivity (Wildman–Crippen MR) is 80.5 cm³/mol. The van der Waals surface area contributed by atoms with Gasteiger partial charge in [-0.2, -0.15) is 18.3 Å². The standard InChI is InChI=1S/C15H22F3N3O3/c1-8(2)5-12(14(23)24)19-13(22)6-11-9(3)20-21(10(11)4)7-15(16,17)18/h8,12H,5-7H2,1-4H3,(H,19,22)(H,23,24)/t12-/m0/s1. The van der Waals surface area contributed by atoms with Gasteiger partial charge < -0.3 is 10.4 Å². The predicted octanol–water partition coefficient (Wildman–Crippen LogP) is 2.22. The highest BCUT2D eigenvalue weighted by molar-refractivity contribution is 5.85. The van der Waals surface area contributed by atoms with Gasteiger partial charge in [-0.15, -0.1) is 0 Å². The van der Waals surface area contributed by atoms with Gasteiger partial charge in [0.25, 0.3) is 0 Å². The first-order valence-corrected chi connectivity index (χ1v) is 7.52. The summed E-state index contributed by atoms with van der Waals surface area (Å²) in [5, 5.41) is 15.3. The third kappa shape index (κ3) is 5.86. The van der Waals surface area contributed by atoms with Gasteiger partial charge in [0.2, 0.25) is 5.91 Å². The molecule has 0 unspecified atom stereocenters. The van der Waals surface area contributed by atoms with Gasteiger partial charge in [-0.25, -0.2) is 4.79 Å². The molecule has 0 radical (unpaired) electrons. The van der Waals surface area contributed by atoms with Gasteiger partial charge in [0.05, 0.1) is 12.1 Å². The van der Waals surface area contributed by atoms with Crippen molar-refractivity contribution in [1.29, 1.82) is 0 Å². The van der Waals surface area contributed by atoms with Crippen LogP contribution >= 0.6 is 0 Å². The Morgan fingerprint density at radius 3 is 2.33 bits per heavy atom. The zero-order chi connectivity index (χ0) is 18.7. The zero-order valence-electron chi connectivity index (χ0n) is 14.1. The summed E-state index contributed by atoms with van der Waals surface area (Å²) in [7, 11) is 0. The van der Waals surface area contributed by atoms with Crippen molar-refractivity contribution in [3.8, 4) is 0 Å². The summed E-state index contributed by atoms with van der Waals surface area (Å²) >= 11 is 0. The number of alkyl halides is 3. The van der Waals surface area contributed by atoms with Crippen molar-refractivity contribution in [2.24, 2.45) is 5.92 Å². The topological polar surface area (TPSA) is 84.2 Å². The maximum absolute atomic E-state index is 12.5. The van der Waals surface area contributed by atoms with Crippen LogP contribution < -0.4 is 5.32 Å². The quantitative estimate of drug-likeness (QED) is 0.791. The lowest BCUT2D eigenvalue weighted by atomic mass is 10.0.